The number of aromatic nitrogens is 2. The maximum Gasteiger partial charge on any atom is 0.357 e. The highest BCUT2D eigenvalue weighted by atomic mass is 127. The van der Waals surface area contributed by atoms with Gasteiger partial charge >= 0.3 is 5.97 Å². The summed E-state index contributed by atoms with van der Waals surface area (Å²) in [5, 5.41) is 12.3. The summed E-state index contributed by atoms with van der Waals surface area (Å²) >= 11 is 1.85. The summed E-state index contributed by atoms with van der Waals surface area (Å²) in [7, 11) is 1.60. The summed E-state index contributed by atoms with van der Waals surface area (Å²) in [6.45, 7) is 0. The summed E-state index contributed by atoms with van der Waals surface area (Å²) in [5.74, 6) is -0.676. The van der Waals surface area contributed by atoms with Crippen molar-refractivity contribution in [3.8, 4) is 0 Å². The Kier molecular flexibility index (Phi) is 2.03. The fraction of sp³-hybridized carbons (Fsp3) is 0.200. The molecular formula is C5H6IN3O2. The highest BCUT2D eigenvalue weighted by molar-refractivity contribution is 14.1. The molecule has 5 nitrogen and oxygen atoms in total. The van der Waals surface area contributed by atoms with Gasteiger partial charge in [-0.3, -0.25) is 4.68 Å². The molecule has 0 atom stereocenters. The number of halogens is 1. The van der Waals surface area contributed by atoms with Gasteiger partial charge in [0, 0.05) is 7.05 Å². The smallest absolute Gasteiger partial charge is 0.357 e. The van der Waals surface area contributed by atoms with Crippen LogP contribution in [-0.2, 0) is 7.05 Å². The zero-order valence-corrected chi connectivity index (χ0v) is 7.86. The van der Waals surface area contributed by atoms with Crippen molar-refractivity contribution < 1.29 is 9.90 Å². The molecule has 1 heterocycles. The minimum Gasteiger partial charge on any atom is -0.476 e. The van der Waals surface area contributed by atoms with Gasteiger partial charge in [0.05, 0.1) is 3.57 Å². The van der Waals surface area contributed by atoms with Crippen LogP contribution in [0, 0.1) is 3.57 Å². The van der Waals surface area contributed by atoms with Gasteiger partial charge in [0.1, 0.15) is 5.82 Å². The molecule has 0 spiro atoms. The fourth-order valence-corrected chi connectivity index (χ4v) is 1.34. The first-order valence-corrected chi connectivity index (χ1v) is 3.83. The number of aromatic carboxylic acids is 1. The van der Waals surface area contributed by atoms with Crippen LogP contribution < -0.4 is 5.73 Å². The molecule has 1 rings (SSSR count). The first-order chi connectivity index (χ1) is 5.04. The van der Waals surface area contributed by atoms with Crippen LogP contribution in [0.4, 0.5) is 5.82 Å². The van der Waals surface area contributed by atoms with Gasteiger partial charge in [0.2, 0.25) is 0 Å². The van der Waals surface area contributed by atoms with Crippen molar-refractivity contribution >= 4 is 34.4 Å². The number of hydrogen-bond donors (Lipinski definition) is 2. The molecule has 11 heavy (non-hydrogen) atoms. The molecule has 3 N–H and O–H groups in total. The Hall–Kier alpha value is -0.790. The molecule has 60 valence electrons. The first kappa shape index (κ1) is 8.31. The minimum absolute atomic E-state index is 0.00519. The molecule has 0 unspecified atom stereocenters. The van der Waals surface area contributed by atoms with Gasteiger partial charge in [0.15, 0.2) is 5.69 Å². The van der Waals surface area contributed by atoms with E-state index in [2.05, 4.69) is 5.10 Å². The summed E-state index contributed by atoms with van der Waals surface area (Å²) in [5.41, 5.74) is 5.48. The van der Waals surface area contributed by atoms with Gasteiger partial charge in [-0.1, -0.05) is 0 Å². The Bertz CT molecular complexity index is 307. The molecule has 0 aromatic carbocycles. The normalized spacial score (nSPS) is 10.0. The molecule has 0 saturated carbocycles. The van der Waals surface area contributed by atoms with Crippen LogP contribution in [0.15, 0.2) is 0 Å². The monoisotopic (exact) mass is 267 g/mol. The van der Waals surface area contributed by atoms with Crippen molar-refractivity contribution in [1.29, 1.82) is 0 Å². The van der Waals surface area contributed by atoms with E-state index in [4.69, 9.17) is 10.8 Å². The summed E-state index contributed by atoms with van der Waals surface area (Å²) < 4.78 is 1.82. The average molecular weight is 267 g/mol. The third-order valence-electron chi connectivity index (χ3n) is 1.23. The summed E-state index contributed by atoms with van der Waals surface area (Å²) in [6, 6.07) is 0. The van der Waals surface area contributed by atoms with Gasteiger partial charge in [0.25, 0.3) is 0 Å². The van der Waals surface area contributed by atoms with Gasteiger partial charge in [-0.25, -0.2) is 4.79 Å². The Balaban J connectivity index is 3.29. The molecule has 6 heteroatoms. The number of nitrogen functional groups attached to an aromatic ring is 1. The van der Waals surface area contributed by atoms with E-state index >= 15 is 0 Å². The highest BCUT2D eigenvalue weighted by Gasteiger charge is 2.16. The number of nitrogens with zero attached hydrogens (tertiary/aromatic N) is 2. The van der Waals surface area contributed by atoms with E-state index in [1.165, 1.54) is 4.68 Å². The largest absolute Gasteiger partial charge is 0.476 e. The molecule has 0 bridgehead atoms. The van der Waals surface area contributed by atoms with Gasteiger partial charge in [-0.05, 0) is 22.6 Å². The summed E-state index contributed by atoms with van der Waals surface area (Å²) in [4.78, 5) is 10.5. The standard InChI is InChI=1S/C5H6IN3O2/c1-9-4(7)2(6)3(8-9)5(10)11/h7H2,1H3,(H,10,11). The topological polar surface area (TPSA) is 81.1 Å². The second-order valence-corrected chi connectivity index (χ2v) is 3.06. The molecule has 0 aliphatic rings. The zero-order valence-electron chi connectivity index (χ0n) is 5.71. The van der Waals surface area contributed by atoms with E-state index in [9.17, 15) is 4.79 Å². The second kappa shape index (κ2) is 2.68. The van der Waals surface area contributed by atoms with Gasteiger partial charge in [-0.2, -0.15) is 5.10 Å². The lowest BCUT2D eigenvalue weighted by Crippen LogP contribution is -2.00. The molecule has 0 radical (unpaired) electrons. The SMILES string of the molecule is Cn1nc(C(=O)O)c(I)c1N. The lowest BCUT2D eigenvalue weighted by molar-refractivity contribution is 0.0688. The summed E-state index contributed by atoms with van der Waals surface area (Å²) in [6.07, 6.45) is 0. The van der Waals surface area contributed by atoms with Crippen molar-refractivity contribution in [1.82, 2.24) is 9.78 Å². The van der Waals surface area contributed by atoms with Crippen molar-refractivity contribution in [2.75, 3.05) is 5.73 Å². The number of carboxylic acids is 1. The van der Waals surface area contributed by atoms with Crippen molar-refractivity contribution in [3.05, 3.63) is 9.26 Å². The predicted molar refractivity (Wildman–Crippen MR) is 47.3 cm³/mol. The van der Waals surface area contributed by atoms with E-state index < -0.39 is 5.97 Å². The lowest BCUT2D eigenvalue weighted by atomic mass is 10.4. The van der Waals surface area contributed by atoms with Gasteiger partial charge in [-0.15, -0.1) is 0 Å². The number of carbonyl (C=O) groups is 1. The van der Waals surface area contributed by atoms with Crippen LogP contribution in [0.5, 0.6) is 0 Å². The molecule has 0 fully saturated rings. The van der Waals surface area contributed by atoms with Crippen LogP contribution in [-0.4, -0.2) is 20.9 Å². The van der Waals surface area contributed by atoms with E-state index in [-0.39, 0.29) is 5.69 Å². The van der Waals surface area contributed by atoms with Crippen LogP contribution in [0.3, 0.4) is 0 Å². The van der Waals surface area contributed by atoms with E-state index in [1.54, 1.807) is 7.05 Å². The van der Waals surface area contributed by atoms with Crippen LogP contribution in [0.1, 0.15) is 10.5 Å². The number of rotatable bonds is 1. The Morgan fingerprint density at radius 1 is 1.82 bits per heavy atom. The van der Waals surface area contributed by atoms with Gasteiger partial charge < -0.3 is 10.8 Å². The predicted octanol–water partition coefficient (Wildman–Crippen LogP) is 0.305. The van der Waals surface area contributed by atoms with E-state index in [1.807, 2.05) is 22.6 Å². The van der Waals surface area contributed by atoms with Crippen molar-refractivity contribution in [3.63, 3.8) is 0 Å². The van der Waals surface area contributed by atoms with E-state index in [0.29, 0.717) is 9.39 Å². The molecule has 1 aromatic rings. The Morgan fingerprint density at radius 2 is 2.36 bits per heavy atom. The fourth-order valence-electron chi connectivity index (χ4n) is 0.648. The van der Waals surface area contributed by atoms with Crippen molar-refractivity contribution in [2.24, 2.45) is 7.05 Å². The number of nitrogens with two attached hydrogens (primary N) is 1. The quantitative estimate of drug-likeness (QED) is 0.717. The van der Waals surface area contributed by atoms with Crippen LogP contribution in [0.2, 0.25) is 0 Å². The maximum absolute atomic E-state index is 10.5. The third kappa shape index (κ3) is 1.30. The number of hydrogen-bond acceptors (Lipinski definition) is 3. The molecule has 0 saturated heterocycles. The third-order valence-corrected chi connectivity index (χ3v) is 2.30. The zero-order chi connectivity index (χ0) is 8.59. The number of carboxylic acid groups (broad SMARTS) is 1. The highest BCUT2D eigenvalue weighted by Crippen LogP contribution is 2.17. The molecular weight excluding hydrogens is 261 g/mol. The van der Waals surface area contributed by atoms with Crippen molar-refractivity contribution in [2.45, 2.75) is 0 Å². The number of anilines is 1. The number of aryl methyl sites for hydroxylation is 1. The minimum atomic E-state index is -1.05. The molecule has 0 aliphatic carbocycles. The molecule has 0 amide bonds. The first-order valence-electron chi connectivity index (χ1n) is 2.75. The average Bonchev–Trinajstić information content (AvgIpc) is 2.17. The molecule has 1 aromatic heterocycles. The second-order valence-electron chi connectivity index (χ2n) is 1.98. The Labute approximate surface area is 76.3 Å². The Morgan fingerprint density at radius 3 is 2.55 bits per heavy atom. The molecule has 0 aliphatic heterocycles. The maximum atomic E-state index is 10.5. The van der Waals surface area contributed by atoms with E-state index in [0.717, 1.165) is 0 Å². The van der Waals surface area contributed by atoms with Crippen LogP contribution >= 0.6 is 22.6 Å². The van der Waals surface area contributed by atoms with Crippen LogP contribution in [0.25, 0.3) is 0 Å². The lowest BCUT2D eigenvalue weighted by Gasteiger charge is -1.89.